The van der Waals surface area contributed by atoms with Crippen molar-refractivity contribution in [2.75, 3.05) is 20.8 Å². The number of rotatable bonds is 7. The van der Waals surface area contributed by atoms with E-state index in [1.54, 1.807) is 41.9 Å². The van der Waals surface area contributed by atoms with Gasteiger partial charge in [-0.25, -0.2) is 4.98 Å². The lowest BCUT2D eigenvalue weighted by atomic mass is 10.1. The fraction of sp³-hybridized carbons (Fsp3) is 0.211. The van der Waals surface area contributed by atoms with E-state index in [0.717, 1.165) is 16.3 Å². The monoisotopic (exact) mass is 369 g/mol. The van der Waals surface area contributed by atoms with Gasteiger partial charge < -0.3 is 14.8 Å². The second-order valence-electron chi connectivity index (χ2n) is 5.41. The molecule has 2 aromatic heterocycles. The lowest BCUT2D eigenvalue weighted by Gasteiger charge is -2.12. The molecule has 1 amide bonds. The zero-order valence-corrected chi connectivity index (χ0v) is 15.4. The van der Waals surface area contributed by atoms with Crippen LogP contribution in [0.4, 0.5) is 0 Å². The van der Waals surface area contributed by atoms with E-state index in [1.165, 1.54) is 14.2 Å². The molecule has 3 rings (SSSR count). The van der Waals surface area contributed by atoms with Gasteiger partial charge in [-0.15, -0.1) is 11.3 Å². The van der Waals surface area contributed by atoms with Gasteiger partial charge in [-0.05, 0) is 24.3 Å². The summed E-state index contributed by atoms with van der Waals surface area (Å²) in [6, 6.07) is 9.11. The number of nitrogens with zero attached hydrogens (tertiary/aromatic N) is 2. The molecule has 0 radical (unpaired) electrons. The third kappa shape index (κ3) is 4.00. The van der Waals surface area contributed by atoms with E-state index in [9.17, 15) is 4.79 Å². The molecule has 0 saturated heterocycles. The van der Waals surface area contributed by atoms with E-state index in [-0.39, 0.29) is 5.91 Å². The summed E-state index contributed by atoms with van der Waals surface area (Å²) in [4.78, 5) is 21.2. The largest absolute Gasteiger partial charge is 0.496 e. The standard InChI is InChI=1S/C19H19N3O3S/c1-24-15-6-3-7-16(25-2)18(15)19(23)21-10-8-17-22-14(12-26-17)13-5-4-9-20-11-13/h3-7,9,11-12H,8,10H2,1-2H3,(H,21,23). The number of ether oxygens (including phenoxy) is 2. The first kappa shape index (κ1) is 17.9. The Hall–Kier alpha value is -2.93. The van der Waals surface area contributed by atoms with E-state index in [0.29, 0.717) is 30.0 Å². The molecule has 0 spiro atoms. The van der Waals surface area contributed by atoms with Crippen LogP contribution in [0.5, 0.6) is 11.5 Å². The Morgan fingerprint density at radius 3 is 2.58 bits per heavy atom. The van der Waals surface area contributed by atoms with Crippen LogP contribution in [0.15, 0.2) is 48.1 Å². The third-order valence-electron chi connectivity index (χ3n) is 3.79. The Balaban J connectivity index is 1.62. The molecule has 0 bridgehead atoms. The minimum absolute atomic E-state index is 0.233. The molecule has 1 N–H and O–H groups in total. The first-order valence-electron chi connectivity index (χ1n) is 8.07. The lowest BCUT2D eigenvalue weighted by molar-refractivity contribution is 0.0948. The Kier molecular flexibility index (Phi) is 5.80. The first-order chi connectivity index (χ1) is 12.7. The van der Waals surface area contributed by atoms with Gasteiger partial charge in [0.05, 0.1) is 24.9 Å². The lowest BCUT2D eigenvalue weighted by Crippen LogP contribution is -2.26. The van der Waals surface area contributed by atoms with Crippen molar-refractivity contribution in [3.05, 3.63) is 58.7 Å². The van der Waals surface area contributed by atoms with E-state index in [1.807, 2.05) is 17.5 Å². The fourth-order valence-corrected chi connectivity index (χ4v) is 3.33. The number of benzene rings is 1. The molecule has 0 aliphatic carbocycles. The molecule has 1 aromatic carbocycles. The summed E-state index contributed by atoms with van der Waals surface area (Å²) in [7, 11) is 3.06. The summed E-state index contributed by atoms with van der Waals surface area (Å²) in [5, 5.41) is 5.85. The number of amides is 1. The van der Waals surface area contributed by atoms with Crippen molar-refractivity contribution in [2.45, 2.75) is 6.42 Å². The van der Waals surface area contributed by atoms with Gasteiger partial charge in [-0.1, -0.05) is 6.07 Å². The first-order valence-corrected chi connectivity index (χ1v) is 8.95. The maximum absolute atomic E-state index is 12.5. The molecule has 3 aromatic rings. The van der Waals surface area contributed by atoms with E-state index in [4.69, 9.17) is 9.47 Å². The molecule has 0 saturated carbocycles. The quantitative estimate of drug-likeness (QED) is 0.692. The number of nitrogens with one attached hydrogen (secondary N) is 1. The van der Waals surface area contributed by atoms with Crippen LogP contribution in [0.1, 0.15) is 15.4 Å². The SMILES string of the molecule is COc1cccc(OC)c1C(=O)NCCc1nc(-c2cccnc2)cs1. The topological polar surface area (TPSA) is 73.3 Å². The Morgan fingerprint density at radius 1 is 1.15 bits per heavy atom. The average Bonchev–Trinajstić information content (AvgIpc) is 3.16. The van der Waals surface area contributed by atoms with E-state index < -0.39 is 0 Å². The highest BCUT2D eigenvalue weighted by atomic mass is 32.1. The fourth-order valence-electron chi connectivity index (χ4n) is 2.52. The number of pyridine rings is 1. The number of thiazole rings is 1. The van der Waals surface area contributed by atoms with Gasteiger partial charge in [0, 0.05) is 36.3 Å². The van der Waals surface area contributed by atoms with Crippen molar-refractivity contribution in [1.82, 2.24) is 15.3 Å². The minimum atomic E-state index is -0.233. The van der Waals surface area contributed by atoms with Crippen molar-refractivity contribution >= 4 is 17.2 Å². The molecule has 6 nitrogen and oxygen atoms in total. The molecule has 0 atom stereocenters. The van der Waals surface area contributed by atoms with Crippen LogP contribution >= 0.6 is 11.3 Å². The van der Waals surface area contributed by atoms with Gasteiger partial charge in [0.15, 0.2) is 0 Å². The highest BCUT2D eigenvalue weighted by molar-refractivity contribution is 7.09. The molecule has 0 fully saturated rings. The second-order valence-corrected chi connectivity index (χ2v) is 6.35. The third-order valence-corrected chi connectivity index (χ3v) is 4.70. The Bertz CT molecular complexity index is 858. The summed E-state index contributed by atoms with van der Waals surface area (Å²) in [5.74, 6) is 0.730. The van der Waals surface area contributed by atoms with Crippen LogP contribution < -0.4 is 14.8 Å². The summed E-state index contributed by atoms with van der Waals surface area (Å²) < 4.78 is 10.5. The van der Waals surface area contributed by atoms with Gasteiger partial charge in [0.2, 0.25) is 0 Å². The van der Waals surface area contributed by atoms with Gasteiger partial charge >= 0.3 is 0 Å². The van der Waals surface area contributed by atoms with Crippen LogP contribution in [0.3, 0.4) is 0 Å². The van der Waals surface area contributed by atoms with Crippen molar-refractivity contribution < 1.29 is 14.3 Å². The molecule has 26 heavy (non-hydrogen) atoms. The maximum Gasteiger partial charge on any atom is 0.258 e. The number of hydrogen-bond acceptors (Lipinski definition) is 6. The molecule has 0 aliphatic heterocycles. The summed E-state index contributed by atoms with van der Waals surface area (Å²) in [6.45, 7) is 0.472. The molecule has 0 aliphatic rings. The smallest absolute Gasteiger partial charge is 0.258 e. The van der Waals surface area contributed by atoms with Crippen LogP contribution in [-0.2, 0) is 6.42 Å². The number of methoxy groups -OCH3 is 2. The number of carbonyl (C=O) groups excluding carboxylic acids is 1. The van der Waals surface area contributed by atoms with Crippen molar-refractivity contribution in [3.63, 3.8) is 0 Å². The number of hydrogen-bond donors (Lipinski definition) is 1. The number of carbonyl (C=O) groups is 1. The summed E-state index contributed by atoms with van der Waals surface area (Å²) in [5.41, 5.74) is 2.28. The molecule has 2 heterocycles. The van der Waals surface area contributed by atoms with Crippen molar-refractivity contribution in [3.8, 4) is 22.8 Å². The molecule has 0 unspecified atom stereocenters. The number of aromatic nitrogens is 2. The highest BCUT2D eigenvalue weighted by Gasteiger charge is 2.17. The van der Waals surface area contributed by atoms with Crippen molar-refractivity contribution in [2.24, 2.45) is 0 Å². The van der Waals surface area contributed by atoms with Gasteiger partial charge in [-0.3, -0.25) is 9.78 Å². The average molecular weight is 369 g/mol. The normalized spacial score (nSPS) is 10.4. The molecule has 134 valence electrons. The van der Waals surface area contributed by atoms with Crippen LogP contribution in [0.25, 0.3) is 11.3 Å². The predicted octanol–water partition coefficient (Wildman–Crippen LogP) is 3.19. The second kappa shape index (κ2) is 8.44. The molecular formula is C19H19N3O3S. The van der Waals surface area contributed by atoms with Gasteiger partial charge in [0.1, 0.15) is 17.1 Å². The predicted molar refractivity (Wildman–Crippen MR) is 101 cm³/mol. The minimum Gasteiger partial charge on any atom is -0.496 e. The van der Waals surface area contributed by atoms with E-state index >= 15 is 0 Å². The zero-order chi connectivity index (χ0) is 18.4. The highest BCUT2D eigenvalue weighted by Crippen LogP contribution is 2.28. The van der Waals surface area contributed by atoms with Crippen LogP contribution in [0, 0.1) is 0 Å². The van der Waals surface area contributed by atoms with Crippen LogP contribution in [-0.4, -0.2) is 36.6 Å². The summed E-state index contributed by atoms with van der Waals surface area (Å²) >= 11 is 1.57. The summed E-state index contributed by atoms with van der Waals surface area (Å²) in [6.07, 6.45) is 4.17. The van der Waals surface area contributed by atoms with Crippen LogP contribution in [0.2, 0.25) is 0 Å². The molecule has 7 heteroatoms. The van der Waals surface area contributed by atoms with Gasteiger partial charge in [-0.2, -0.15) is 0 Å². The molecular weight excluding hydrogens is 350 g/mol. The van der Waals surface area contributed by atoms with Gasteiger partial charge in [0.25, 0.3) is 5.91 Å². The Labute approximate surface area is 155 Å². The van der Waals surface area contributed by atoms with E-state index in [2.05, 4.69) is 15.3 Å². The maximum atomic E-state index is 12.5. The zero-order valence-electron chi connectivity index (χ0n) is 14.6. The Morgan fingerprint density at radius 2 is 1.92 bits per heavy atom. The van der Waals surface area contributed by atoms with Crippen molar-refractivity contribution in [1.29, 1.82) is 0 Å².